The van der Waals surface area contributed by atoms with Crippen molar-refractivity contribution in [2.45, 2.75) is 81.3 Å². The van der Waals surface area contributed by atoms with Gasteiger partial charge in [0.15, 0.2) is 23.2 Å². The summed E-state index contributed by atoms with van der Waals surface area (Å²) in [4.78, 5) is 104. The molecule has 5 heterocycles. The number of nitrogens with zero attached hydrogens (tertiary/aromatic N) is 6. The van der Waals surface area contributed by atoms with E-state index >= 15 is 0 Å². The molecule has 0 radical (unpaired) electrons. The third kappa shape index (κ3) is 19.5. The number of aliphatic carboxylic acids is 1. The number of phenolic OH excluding ortho intramolecular Hbond substituents is 1. The number of nitrogen functional groups attached to an aromatic ring is 4. The molecule has 10 aromatic carbocycles. The number of carboxylic acid groups (broad SMARTS) is 3. The van der Waals surface area contributed by atoms with E-state index in [1.54, 1.807) is 48.5 Å². The molecule has 2 aliphatic heterocycles. The maximum atomic E-state index is 12.5. The topological polar surface area (TPSA) is 430 Å². The van der Waals surface area contributed by atoms with Crippen LogP contribution in [-0.2, 0) is 48.2 Å². The van der Waals surface area contributed by atoms with Crippen LogP contribution in [0, 0.1) is 0 Å². The molecule has 123 heavy (non-hydrogen) atoms. The van der Waals surface area contributed by atoms with Crippen LogP contribution in [0.25, 0.3) is 121 Å². The Morgan fingerprint density at radius 3 is 2.04 bits per heavy atom. The third-order valence-corrected chi connectivity index (χ3v) is 23.4. The molecule has 17 rings (SSSR count). The number of hydrogen-bond acceptors (Lipinski definition) is 19. The van der Waals surface area contributed by atoms with Crippen LogP contribution in [0.5, 0.6) is 5.75 Å². The summed E-state index contributed by atoms with van der Waals surface area (Å²) in [5.41, 5.74) is 47.4. The number of aromatic amines is 1. The van der Waals surface area contributed by atoms with Crippen molar-refractivity contribution in [1.82, 2.24) is 0 Å². The van der Waals surface area contributed by atoms with Gasteiger partial charge in [0.2, 0.25) is 39.9 Å². The van der Waals surface area contributed by atoms with E-state index in [-0.39, 0.29) is 88.9 Å². The number of fused-ring (bicyclic) bond motifs is 10. The van der Waals surface area contributed by atoms with Crippen LogP contribution in [0.1, 0.15) is 71.7 Å². The molecule has 0 spiro atoms. The van der Waals surface area contributed by atoms with Gasteiger partial charge in [-0.05, 0) is 176 Å². The number of azide groups is 1. The number of para-hydroxylation sites is 2. The zero-order valence-corrected chi connectivity index (χ0v) is 68.9. The number of aromatic nitrogens is 3. The van der Waals surface area contributed by atoms with Crippen molar-refractivity contribution >= 4 is 170 Å². The lowest BCUT2D eigenvalue weighted by atomic mass is 9.90. The van der Waals surface area contributed by atoms with Crippen molar-refractivity contribution in [2.24, 2.45) is 5.11 Å². The molecule has 2 aliphatic carbocycles. The van der Waals surface area contributed by atoms with Gasteiger partial charge in [0.05, 0.1) is 55.9 Å². The number of halogens is 1. The van der Waals surface area contributed by atoms with Crippen molar-refractivity contribution in [3.8, 4) is 50.7 Å². The van der Waals surface area contributed by atoms with E-state index in [1.165, 1.54) is 57.4 Å². The summed E-state index contributed by atoms with van der Waals surface area (Å²) in [7, 11) is 2.18. The molecule has 620 valence electrons. The van der Waals surface area contributed by atoms with Crippen LogP contribution in [0.2, 0.25) is 0 Å². The highest BCUT2D eigenvalue weighted by Crippen LogP contribution is 2.46. The van der Waals surface area contributed by atoms with Crippen LogP contribution >= 0.6 is 23.5 Å². The van der Waals surface area contributed by atoms with Crippen molar-refractivity contribution in [3.05, 3.63) is 274 Å². The number of benzene rings is 11. The molecule has 1 amide bonds. The van der Waals surface area contributed by atoms with Gasteiger partial charge in [-0.1, -0.05) is 65.4 Å². The summed E-state index contributed by atoms with van der Waals surface area (Å²) in [5.74, 6) is -4.57. The minimum Gasteiger partial charge on any atom is -1.00 e. The fourth-order valence-electron chi connectivity index (χ4n) is 15.3. The lowest BCUT2D eigenvalue weighted by Gasteiger charge is -2.22. The number of anilines is 6. The third-order valence-electron chi connectivity index (χ3n) is 21.1. The Morgan fingerprint density at radius 2 is 1.32 bits per heavy atom. The largest absolute Gasteiger partial charge is 1.00 e. The molecule has 1 saturated carbocycles. The molecular weight excluding hydrogens is 1620 g/mol. The minimum absolute atomic E-state index is 0. The van der Waals surface area contributed by atoms with Gasteiger partial charge >= 0.3 is 23.9 Å². The van der Waals surface area contributed by atoms with Gasteiger partial charge in [0, 0.05) is 169 Å². The molecule has 0 saturated heterocycles. The predicted molar refractivity (Wildman–Crippen MR) is 476 cm³/mol. The number of nitrogens with one attached hydrogen (secondary N) is 2. The number of thioether (sulfide) groups is 2. The Kier molecular flexibility index (Phi) is 26.8. The number of rotatable bonds is 21. The van der Waals surface area contributed by atoms with Crippen LogP contribution in [0.4, 0.5) is 39.8 Å². The average Bonchev–Trinajstić information content (AvgIpc) is 1.24. The minimum atomic E-state index is -1.32. The number of aryl methyl sites for hydroxylation is 2. The van der Waals surface area contributed by atoms with Crippen molar-refractivity contribution in [3.63, 3.8) is 0 Å². The summed E-state index contributed by atoms with van der Waals surface area (Å²) in [6, 6.07) is 70.1. The SMILES string of the molecule is CC[n+]1c(-c2ccc(N)cc2)c2cc(N=[N+]=[N-])ccc2c2ccc(N)cc21.CN1c2ccccc2SC1Cc1cc[n+](CCCCC(=O)O)c2ccccc12.Nc1ccc2c(c1)[nH+]c(-c1ccc(C(=O)O)cc1)c1cc(N)ccc12.O=C(CSCCC(=O)OC1C(=O)CCC1=O)Nc1ccc(-c2c3ccc(=O)cc-3oc3cc(O)ccc23)c(C(=O)O)c1.[Cl-]. The standard InChI is InChI=1S/C30H23NO10S.C23H24N2O2S.C21H18N6.C20H15N3O2.ClH/c32-16-2-5-19-24(12-16)40-25-13-17(33)3-6-20(25)28(19)18-4-1-15(11-21(18)30(38)39)31-26(36)14-42-10-9-27(37)41-29-22(34)7-8-23(29)35;1-24-20-10-4-5-11-21(20)28-22(24)16-17-13-15-25(14-7-6-12-23(26)27)19-9-3-2-8-18(17)19;1-2-27-20-11-15(23)7-9-18(20)17-10-8-16(25-26-24)12-19(17)21(27)13-3-5-14(22)6-4-13;21-13-5-7-15-16-8-6-14(22)10-18(16)23-19(17(15)9-13)11-1-3-12(4-2-11)20(24)25;/h1-6,11-13,29,32H,7-10,14H2,(H,31,36)(H,38,39);2-5,8-11,13,15,22H,6-7,12,14,16H2,1H3;3-12H,2H2,1H3,(H3,22,23);1-10H,21-22H2,(H,24,25);1H/p+2. The Bertz CT molecular complexity index is 6750. The second kappa shape index (κ2) is 38.2. The highest BCUT2D eigenvalue weighted by molar-refractivity contribution is 8.00. The number of esters is 1. The summed E-state index contributed by atoms with van der Waals surface area (Å²) >= 11 is 3.06. The molecule has 4 aliphatic rings. The first-order valence-corrected chi connectivity index (χ1v) is 41.1. The number of hydrogen-bond donors (Lipinski definition) is 9. The van der Waals surface area contributed by atoms with E-state index in [0.717, 1.165) is 109 Å². The first-order valence-electron chi connectivity index (χ1n) is 39.1. The van der Waals surface area contributed by atoms with Gasteiger partial charge in [-0.2, -0.15) is 20.9 Å². The summed E-state index contributed by atoms with van der Waals surface area (Å²) in [6.07, 6.45) is 3.68. The Hall–Kier alpha value is -14.6. The number of carbonyl (C=O) groups excluding carboxylic acids is 4. The molecular formula is C94H83ClN12O14S2+2. The molecule has 1 unspecified atom stereocenters. The molecule has 13 aromatic rings. The number of unbranched alkanes of at least 4 members (excludes halogenated alkanes) is 1. The van der Waals surface area contributed by atoms with E-state index in [2.05, 4.69) is 109 Å². The van der Waals surface area contributed by atoms with Gasteiger partial charge in [0.25, 0.3) is 0 Å². The van der Waals surface area contributed by atoms with E-state index < -0.39 is 47.5 Å². The second-order valence-electron chi connectivity index (χ2n) is 29.2. The van der Waals surface area contributed by atoms with Gasteiger partial charge in [-0.25, -0.2) is 14.6 Å². The van der Waals surface area contributed by atoms with E-state index in [4.69, 9.17) is 47.8 Å². The number of likely N-dealkylation sites (N-methyl/N-ethyl adjacent to an activating group) is 1. The van der Waals surface area contributed by atoms with Crippen molar-refractivity contribution in [2.75, 3.05) is 51.7 Å². The number of ether oxygens (including phenoxy) is 1. The van der Waals surface area contributed by atoms with Gasteiger partial charge in [-0.3, -0.25) is 28.8 Å². The zero-order chi connectivity index (χ0) is 86.0. The van der Waals surface area contributed by atoms with Crippen LogP contribution < -0.4 is 65.1 Å². The van der Waals surface area contributed by atoms with Crippen LogP contribution in [0.3, 0.4) is 0 Å². The molecule has 14 N–H and O–H groups in total. The van der Waals surface area contributed by atoms with Crippen molar-refractivity contribution in [1.29, 1.82) is 0 Å². The number of ketones is 2. The maximum Gasteiger partial charge on any atom is 0.336 e. The lowest BCUT2D eigenvalue weighted by Crippen LogP contribution is -3.00. The summed E-state index contributed by atoms with van der Waals surface area (Å²) < 4.78 is 15.3. The Balaban J connectivity index is 0.000000144. The average molecular weight is 1700 g/mol. The first kappa shape index (κ1) is 86.3. The fourth-order valence-corrected chi connectivity index (χ4v) is 17.3. The fraction of sp³-hybridized carbons (Fsp3) is 0.160. The molecule has 26 nitrogen and oxygen atoms in total. The number of H-pyrrole nitrogens is 1. The van der Waals surface area contributed by atoms with Gasteiger partial charge in [-0.15, -0.1) is 0 Å². The highest BCUT2D eigenvalue weighted by atomic mass is 35.5. The molecule has 3 aromatic heterocycles. The number of nitrogens with two attached hydrogens (primary N) is 4. The summed E-state index contributed by atoms with van der Waals surface area (Å²) in [6.45, 7) is 3.71. The molecule has 1 fully saturated rings. The monoisotopic (exact) mass is 1700 g/mol. The lowest BCUT2D eigenvalue weighted by molar-refractivity contribution is -0.671. The zero-order valence-electron chi connectivity index (χ0n) is 66.5. The molecule has 0 bridgehead atoms. The smallest absolute Gasteiger partial charge is 0.336 e. The van der Waals surface area contributed by atoms with E-state index in [0.29, 0.717) is 56.6 Å². The van der Waals surface area contributed by atoms with Gasteiger partial charge < -0.3 is 75.1 Å². The number of aromatic carboxylic acids is 2. The quantitative estimate of drug-likeness (QED) is 0.00308. The Labute approximate surface area is 718 Å². The first-order chi connectivity index (χ1) is 58.9. The van der Waals surface area contributed by atoms with Crippen LogP contribution in [-0.4, -0.2) is 91.8 Å². The number of Topliss-reactive ketones (excluding diaryl/α,β-unsaturated/α-hetero) is 2. The number of aromatic hydroxyl groups is 1. The van der Waals surface area contributed by atoms with Gasteiger partial charge in [0.1, 0.15) is 30.2 Å². The number of phenols is 1. The molecule has 1 atom stereocenters. The number of amides is 1. The number of pyridine rings is 3. The molecule has 29 heteroatoms. The predicted octanol–water partition coefficient (Wildman–Crippen LogP) is 13.8. The Morgan fingerprint density at radius 1 is 0.650 bits per heavy atom. The second-order valence-corrected chi connectivity index (χ2v) is 31.5. The normalized spacial score (nSPS) is 12.8. The highest BCUT2D eigenvalue weighted by Gasteiger charge is 2.36. The summed E-state index contributed by atoms with van der Waals surface area (Å²) in [5, 5.41) is 52.8. The maximum absolute atomic E-state index is 12.5. The van der Waals surface area contributed by atoms with Crippen LogP contribution in [0.15, 0.2) is 256 Å². The van der Waals surface area contributed by atoms with E-state index in [1.807, 2.05) is 109 Å². The van der Waals surface area contributed by atoms with Crippen molar-refractivity contribution < 1.29 is 89.7 Å². The van der Waals surface area contributed by atoms with E-state index in [9.17, 15) is 48.6 Å². The number of carbonyl (C=O) groups is 7. The number of carboxylic acids is 3.